The van der Waals surface area contributed by atoms with Gasteiger partial charge in [0.05, 0.1) is 36.0 Å². The number of aromatic nitrogens is 2. The minimum Gasteiger partial charge on any atom is -0.464 e. The van der Waals surface area contributed by atoms with Crippen molar-refractivity contribution in [2.45, 2.75) is 64.1 Å². The van der Waals surface area contributed by atoms with Gasteiger partial charge in [-0.05, 0) is 49.4 Å². The summed E-state index contributed by atoms with van der Waals surface area (Å²) in [7, 11) is 0. The van der Waals surface area contributed by atoms with Crippen LogP contribution in [0.4, 0.5) is 5.69 Å². The van der Waals surface area contributed by atoms with Crippen molar-refractivity contribution in [2.75, 3.05) is 18.4 Å². The molecule has 2 aromatic heterocycles. The van der Waals surface area contributed by atoms with Crippen LogP contribution in [-0.2, 0) is 33.8 Å². The van der Waals surface area contributed by atoms with E-state index in [0.717, 1.165) is 46.3 Å². The van der Waals surface area contributed by atoms with Gasteiger partial charge in [-0.2, -0.15) is 5.10 Å². The summed E-state index contributed by atoms with van der Waals surface area (Å²) in [5.41, 5.74) is 4.75. The number of nitrogens with one attached hydrogen (secondary N) is 2. The van der Waals surface area contributed by atoms with Crippen LogP contribution in [0.5, 0.6) is 0 Å². The molecule has 0 bridgehead atoms. The van der Waals surface area contributed by atoms with Gasteiger partial charge in [-0.3, -0.25) is 38.9 Å². The molecule has 236 valence electrons. The van der Waals surface area contributed by atoms with E-state index in [-0.39, 0.29) is 35.9 Å². The molecule has 0 radical (unpaired) electrons. The van der Waals surface area contributed by atoms with Crippen LogP contribution >= 0.6 is 0 Å². The fraction of sp³-hybridized carbons (Fsp3) is 0.353. The lowest BCUT2D eigenvalue weighted by atomic mass is 10.0. The number of likely N-dealkylation sites (tertiary alicyclic amines) is 1. The van der Waals surface area contributed by atoms with Crippen molar-refractivity contribution >= 4 is 46.2 Å². The molecule has 5 amide bonds. The third kappa shape index (κ3) is 5.33. The van der Waals surface area contributed by atoms with E-state index in [1.165, 1.54) is 5.56 Å². The molecule has 46 heavy (non-hydrogen) atoms. The van der Waals surface area contributed by atoms with Crippen molar-refractivity contribution in [3.05, 3.63) is 82.9 Å². The number of rotatable bonds is 8. The molecule has 7 rings (SSSR count). The highest BCUT2D eigenvalue weighted by molar-refractivity contribution is 6.25. The monoisotopic (exact) mass is 622 g/mol. The summed E-state index contributed by atoms with van der Waals surface area (Å²) in [4.78, 5) is 66.5. The highest BCUT2D eigenvalue weighted by Crippen LogP contribution is 2.33. The zero-order chi connectivity index (χ0) is 31.9. The van der Waals surface area contributed by atoms with E-state index in [0.29, 0.717) is 31.7 Å². The maximum Gasteiger partial charge on any atom is 0.264 e. The first-order chi connectivity index (χ1) is 22.3. The Balaban J connectivity index is 0.952. The lowest BCUT2D eigenvalue weighted by Gasteiger charge is -2.32. The SMILES string of the molecule is CCc1ccc2c(CC(=O)N3CCC(n4cc(CNc5cccc6c5C(=O)N(C5CCC(=O)NC5=O)C6=O)cn4)CC3)coc2c1. The van der Waals surface area contributed by atoms with Crippen LogP contribution in [0.3, 0.4) is 0 Å². The number of hydrogen-bond acceptors (Lipinski definition) is 8. The number of amides is 5. The summed E-state index contributed by atoms with van der Waals surface area (Å²) < 4.78 is 7.66. The Morgan fingerprint density at radius 1 is 1.04 bits per heavy atom. The fourth-order valence-corrected chi connectivity index (χ4v) is 6.67. The van der Waals surface area contributed by atoms with E-state index in [4.69, 9.17) is 4.42 Å². The van der Waals surface area contributed by atoms with Crippen LogP contribution in [0, 0.1) is 0 Å². The number of benzene rings is 2. The Hall–Kier alpha value is -5.26. The molecule has 1 atom stereocenters. The second-order valence-electron chi connectivity index (χ2n) is 12.1. The molecule has 2 fully saturated rings. The van der Waals surface area contributed by atoms with Crippen LogP contribution < -0.4 is 10.6 Å². The number of fused-ring (bicyclic) bond motifs is 2. The molecule has 2 saturated heterocycles. The Morgan fingerprint density at radius 2 is 1.87 bits per heavy atom. The van der Waals surface area contributed by atoms with Gasteiger partial charge in [0.2, 0.25) is 17.7 Å². The second-order valence-corrected chi connectivity index (χ2v) is 12.1. The number of carbonyl (C=O) groups is 5. The molecule has 3 aliphatic rings. The molecule has 1 unspecified atom stereocenters. The third-order valence-electron chi connectivity index (χ3n) is 9.27. The molecule has 5 heterocycles. The standard InChI is InChI=1S/C34H34N6O6/c1-2-20-6-7-24-22(19-46-28(24)14-20)15-30(42)38-12-10-23(11-13-38)39-18-21(17-36-39)16-35-26-5-3-4-25-31(26)34(45)40(33(25)44)27-8-9-29(41)37-32(27)43/h3-7,14,17-19,23,27,35H,2,8-13,15-16H2,1H3,(H,37,41,43). The first-order valence-corrected chi connectivity index (χ1v) is 15.7. The predicted molar refractivity (Wildman–Crippen MR) is 167 cm³/mol. The summed E-state index contributed by atoms with van der Waals surface area (Å²) in [6.07, 6.45) is 8.40. The van der Waals surface area contributed by atoms with E-state index in [9.17, 15) is 24.0 Å². The highest BCUT2D eigenvalue weighted by atomic mass is 16.3. The van der Waals surface area contributed by atoms with Gasteiger partial charge >= 0.3 is 0 Å². The predicted octanol–water partition coefficient (Wildman–Crippen LogP) is 3.61. The first-order valence-electron chi connectivity index (χ1n) is 15.7. The summed E-state index contributed by atoms with van der Waals surface area (Å²) in [6, 6.07) is 10.3. The molecular weight excluding hydrogens is 588 g/mol. The quantitative estimate of drug-likeness (QED) is 0.284. The number of anilines is 1. The number of aryl methyl sites for hydroxylation is 1. The smallest absolute Gasteiger partial charge is 0.264 e. The third-order valence-corrected chi connectivity index (χ3v) is 9.27. The maximum atomic E-state index is 13.4. The van der Waals surface area contributed by atoms with Crippen LogP contribution in [0.2, 0.25) is 0 Å². The summed E-state index contributed by atoms with van der Waals surface area (Å²) >= 11 is 0. The number of furan rings is 1. The van der Waals surface area contributed by atoms with Gasteiger partial charge in [-0.25, -0.2) is 0 Å². The molecule has 0 aliphatic carbocycles. The topological polar surface area (TPSA) is 147 Å². The van der Waals surface area contributed by atoms with Crippen molar-refractivity contribution in [1.82, 2.24) is 24.9 Å². The zero-order valence-corrected chi connectivity index (χ0v) is 25.5. The summed E-state index contributed by atoms with van der Waals surface area (Å²) in [5, 5.41) is 11.0. The average molecular weight is 623 g/mol. The number of imide groups is 2. The Morgan fingerprint density at radius 3 is 2.65 bits per heavy atom. The van der Waals surface area contributed by atoms with Gasteiger partial charge < -0.3 is 14.6 Å². The van der Waals surface area contributed by atoms with Crippen molar-refractivity contribution in [1.29, 1.82) is 0 Å². The first kappa shape index (κ1) is 29.5. The largest absolute Gasteiger partial charge is 0.464 e. The number of carbonyl (C=O) groups excluding carboxylic acids is 5. The van der Waals surface area contributed by atoms with Crippen LogP contribution in [0.15, 0.2) is 59.5 Å². The van der Waals surface area contributed by atoms with Gasteiger partial charge in [-0.1, -0.05) is 25.1 Å². The minimum absolute atomic E-state index is 0.0663. The van der Waals surface area contributed by atoms with Gasteiger partial charge in [0, 0.05) is 54.5 Å². The molecule has 12 heteroatoms. The number of nitrogens with zero attached hydrogens (tertiary/aromatic N) is 4. The molecule has 3 aliphatic heterocycles. The molecule has 0 spiro atoms. The molecule has 4 aromatic rings. The Labute approximate surface area is 264 Å². The van der Waals surface area contributed by atoms with E-state index < -0.39 is 29.7 Å². The highest BCUT2D eigenvalue weighted by Gasteiger charge is 2.45. The van der Waals surface area contributed by atoms with Gasteiger partial charge in [0.25, 0.3) is 11.8 Å². The second kappa shape index (κ2) is 11.9. The molecule has 0 saturated carbocycles. The summed E-state index contributed by atoms with van der Waals surface area (Å²) in [6.45, 7) is 3.75. The molecule has 2 N–H and O–H groups in total. The lowest BCUT2D eigenvalue weighted by molar-refractivity contribution is -0.136. The van der Waals surface area contributed by atoms with Crippen molar-refractivity contribution in [3.8, 4) is 0 Å². The Bertz CT molecular complexity index is 1880. The summed E-state index contributed by atoms with van der Waals surface area (Å²) in [5.74, 6) is -2.06. The minimum atomic E-state index is -1.02. The fourth-order valence-electron chi connectivity index (χ4n) is 6.67. The van der Waals surface area contributed by atoms with E-state index >= 15 is 0 Å². The Kier molecular flexibility index (Phi) is 7.63. The lowest BCUT2D eigenvalue weighted by Crippen LogP contribution is -2.54. The van der Waals surface area contributed by atoms with Crippen molar-refractivity contribution in [3.63, 3.8) is 0 Å². The van der Waals surface area contributed by atoms with Crippen LogP contribution in [0.1, 0.15) is 76.1 Å². The maximum absolute atomic E-state index is 13.4. The molecular formula is C34H34N6O6. The van der Waals surface area contributed by atoms with Crippen molar-refractivity contribution < 1.29 is 28.4 Å². The van der Waals surface area contributed by atoms with Gasteiger partial charge in [0.15, 0.2) is 0 Å². The van der Waals surface area contributed by atoms with E-state index in [2.05, 4.69) is 28.7 Å². The molecule has 12 nitrogen and oxygen atoms in total. The normalized spacial score (nSPS) is 18.8. The van der Waals surface area contributed by atoms with E-state index in [1.54, 1.807) is 30.7 Å². The van der Waals surface area contributed by atoms with Crippen molar-refractivity contribution in [2.24, 2.45) is 0 Å². The van der Waals surface area contributed by atoms with E-state index in [1.807, 2.05) is 27.9 Å². The number of hydrogen-bond donors (Lipinski definition) is 2. The number of piperidine rings is 2. The average Bonchev–Trinajstić information content (AvgIpc) is 3.77. The zero-order valence-electron chi connectivity index (χ0n) is 25.5. The van der Waals surface area contributed by atoms with Crippen LogP contribution in [-0.4, -0.2) is 68.2 Å². The molecule has 2 aromatic carbocycles. The van der Waals surface area contributed by atoms with Crippen LogP contribution in [0.25, 0.3) is 11.0 Å². The van der Waals surface area contributed by atoms with Gasteiger partial charge in [-0.15, -0.1) is 0 Å². The van der Waals surface area contributed by atoms with Gasteiger partial charge in [0.1, 0.15) is 11.6 Å².